The maximum Gasteiger partial charge on any atom is 0.267 e. The van der Waals surface area contributed by atoms with Crippen LogP contribution < -0.4 is 15.0 Å². The molecule has 7 heteroatoms. The number of carbonyl (C=O) groups is 3. The number of fused-ring (bicyclic) bond motifs is 3. The van der Waals surface area contributed by atoms with Gasteiger partial charge in [0.25, 0.3) is 11.8 Å². The summed E-state index contributed by atoms with van der Waals surface area (Å²) in [6, 6.07) is 23.9. The molecule has 34 heavy (non-hydrogen) atoms. The number of nitrogens with one attached hydrogen (secondary N) is 1. The predicted octanol–water partition coefficient (Wildman–Crippen LogP) is 3.49. The minimum atomic E-state index is -1.43. The van der Waals surface area contributed by atoms with Crippen molar-refractivity contribution in [1.82, 2.24) is 10.2 Å². The third-order valence-corrected chi connectivity index (χ3v) is 6.53. The molecule has 1 unspecified atom stereocenters. The van der Waals surface area contributed by atoms with Crippen LogP contribution in [-0.4, -0.2) is 35.4 Å². The summed E-state index contributed by atoms with van der Waals surface area (Å²) in [5.74, 6) is -0.0692. The Balaban J connectivity index is 1.54. The van der Waals surface area contributed by atoms with E-state index in [1.54, 1.807) is 36.3 Å². The van der Waals surface area contributed by atoms with E-state index in [2.05, 4.69) is 5.32 Å². The Morgan fingerprint density at radius 3 is 2.38 bits per heavy atom. The third-order valence-electron chi connectivity index (χ3n) is 6.53. The summed E-state index contributed by atoms with van der Waals surface area (Å²) in [7, 11) is 1.60. The van der Waals surface area contributed by atoms with Crippen LogP contribution in [0.3, 0.4) is 0 Å². The lowest BCUT2D eigenvalue weighted by Gasteiger charge is -2.49. The molecule has 1 fully saturated rings. The largest absolute Gasteiger partial charge is 0.497 e. The van der Waals surface area contributed by atoms with Crippen molar-refractivity contribution in [2.45, 2.75) is 31.6 Å². The molecule has 5 rings (SSSR count). The lowest BCUT2D eigenvalue weighted by Crippen LogP contribution is -2.70. The third kappa shape index (κ3) is 3.50. The number of benzene rings is 3. The molecule has 0 saturated carbocycles. The van der Waals surface area contributed by atoms with Crippen molar-refractivity contribution in [1.29, 1.82) is 0 Å². The van der Waals surface area contributed by atoms with Crippen molar-refractivity contribution in [3.8, 4) is 5.75 Å². The molecular formula is C27H25N3O4. The summed E-state index contributed by atoms with van der Waals surface area (Å²) in [5, 5.41) is 2.99. The highest BCUT2D eigenvalue weighted by atomic mass is 16.5. The van der Waals surface area contributed by atoms with Crippen LogP contribution in [0.5, 0.6) is 5.75 Å². The molecule has 2 aliphatic rings. The standard InChI is InChI=1S/C27H25N3O4/c1-34-21-13-11-19(12-14-21)17-28-26(33)27-16-15-24(31)30(27)23-10-6-5-9-22(23)25(32)29(27)18-20-7-3-2-4-8-20/h2-14H,15-18H2,1H3,(H,28,33). The molecule has 1 N–H and O–H groups in total. The second kappa shape index (κ2) is 8.67. The van der Waals surface area contributed by atoms with Gasteiger partial charge in [0.05, 0.1) is 18.4 Å². The number of hydrogen-bond donors (Lipinski definition) is 1. The van der Waals surface area contributed by atoms with Gasteiger partial charge in [0, 0.05) is 25.9 Å². The van der Waals surface area contributed by atoms with E-state index in [9.17, 15) is 14.4 Å². The van der Waals surface area contributed by atoms with Crippen LogP contribution in [-0.2, 0) is 22.7 Å². The maximum absolute atomic E-state index is 13.9. The molecular weight excluding hydrogens is 430 g/mol. The van der Waals surface area contributed by atoms with Crippen molar-refractivity contribution < 1.29 is 19.1 Å². The second-order valence-electron chi connectivity index (χ2n) is 8.47. The highest BCUT2D eigenvalue weighted by Gasteiger charge is 2.60. The first-order chi connectivity index (χ1) is 16.5. The Bertz CT molecular complexity index is 1240. The normalized spacial score (nSPS) is 19.0. The number of hydrogen-bond acceptors (Lipinski definition) is 4. The van der Waals surface area contributed by atoms with Crippen molar-refractivity contribution in [3.63, 3.8) is 0 Å². The molecule has 0 aromatic heterocycles. The van der Waals surface area contributed by atoms with E-state index >= 15 is 0 Å². The SMILES string of the molecule is COc1ccc(CNC(=O)C23CCC(=O)N2c2ccccc2C(=O)N3Cc2ccccc2)cc1. The first kappa shape index (κ1) is 21.7. The average molecular weight is 456 g/mol. The smallest absolute Gasteiger partial charge is 0.267 e. The van der Waals surface area contributed by atoms with Gasteiger partial charge in [-0.15, -0.1) is 0 Å². The first-order valence-corrected chi connectivity index (χ1v) is 11.2. The lowest BCUT2D eigenvalue weighted by molar-refractivity contribution is -0.134. The molecule has 3 aromatic rings. The Morgan fingerprint density at radius 1 is 0.941 bits per heavy atom. The molecule has 0 bridgehead atoms. The van der Waals surface area contributed by atoms with Crippen molar-refractivity contribution in [2.75, 3.05) is 12.0 Å². The summed E-state index contributed by atoms with van der Waals surface area (Å²) < 4.78 is 5.20. The van der Waals surface area contributed by atoms with Crippen molar-refractivity contribution >= 4 is 23.4 Å². The van der Waals surface area contributed by atoms with Gasteiger partial charge in [-0.2, -0.15) is 0 Å². The number of amides is 3. The summed E-state index contributed by atoms with van der Waals surface area (Å²) >= 11 is 0. The van der Waals surface area contributed by atoms with Crippen LogP contribution in [0.2, 0.25) is 0 Å². The quantitative estimate of drug-likeness (QED) is 0.617. The van der Waals surface area contributed by atoms with E-state index in [1.165, 1.54) is 4.90 Å². The molecule has 2 aliphatic heterocycles. The molecule has 1 saturated heterocycles. The Hall–Kier alpha value is -4.13. The fourth-order valence-electron chi connectivity index (χ4n) is 4.84. The van der Waals surface area contributed by atoms with Crippen LogP contribution in [0.4, 0.5) is 5.69 Å². The van der Waals surface area contributed by atoms with Crippen molar-refractivity contribution in [3.05, 3.63) is 95.6 Å². The van der Waals surface area contributed by atoms with Crippen LogP contribution in [0.15, 0.2) is 78.9 Å². The molecule has 3 amide bonds. The Kier molecular flexibility index (Phi) is 5.53. The highest BCUT2D eigenvalue weighted by Crippen LogP contribution is 2.45. The number of carbonyl (C=O) groups excluding carboxylic acids is 3. The zero-order valence-electron chi connectivity index (χ0n) is 18.9. The number of methoxy groups -OCH3 is 1. The minimum Gasteiger partial charge on any atom is -0.497 e. The highest BCUT2D eigenvalue weighted by molar-refractivity contribution is 6.16. The van der Waals surface area contributed by atoms with Crippen LogP contribution in [0.1, 0.15) is 34.3 Å². The van der Waals surface area contributed by atoms with E-state index in [4.69, 9.17) is 4.74 Å². The van der Waals surface area contributed by atoms with Gasteiger partial charge >= 0.3 is 0 Å². The van der Waals surface area contributed by atoms with Gasteiger partial charge in [-0.05, 0) is 35.4 Å². The molecule has 2 heterocycles. The van der Waals surface area contributed by atoms with Gasteiger partial charge in [-0.1, -0.05) is 54.6 Å². The molecule has 1 atom stereocenters. The molecule has 0 radical (unpaired) electrons. The van der Waals surface area contributed by atoms with E-state index in [0.29, 0.717) is 11.3 Å². The van der Waals surface area contributed by atoms with E-state index < -0.39 is 5.66 Å². The zero-order chi connectivity index (χ0) is 23.7. The number of anilines is 1. The number of nitrogens with zero attached hydrogens (tertiary/aromatic N) is 2. The van der Waals surface area contributed by atoms with Gasteiger partial charge in [0.1, 0.15) is 5.75 Å². The van der Waals surface area contributed by atoms with Crippen LogP contribution in [0.25, 0.3) is 0 Å². The molecule has 172 valence electrons. The topological polar surface area (TPSA) is 79.0 Å². The maximum atomic E-state index is 13.9. The molecule has 0 aliphatic carbocycles. The Labute approximate surface area is 197 Å². The van der Waals surface area contributed by atoms with Gasteiger partial charge in [-0.3, -0.25) is 19.3 Å². The molecule has 0 spiro atoms. The van der Waals surface area contributed by atoms with Gasteiger partial charge in [0.15, 0.2) is 0 Å². The van der Waals surface area contributed by atoms with Crippen LogP contribution >= 0.6 is 0 Å². The van der Waals surface area contributed by atoms with Gasteiger partial charge in [0.2, 0.25) is 11.6 Å². The van der Waals surface area contributed by atoms with Crippen molar-refractivity contribution in [2.24, 2.45) is 0 Å². The molecule has 3 aromatic carbocycles. The summed E-state index contributed by atoms with van der Waals surface area (Å²) in [6.45, 7) is 0.482. The van der Waals surface area contributed by atoms with E-state index in [1.807, 2.05) is 54.6 Å². The van der Waals surface area contributed by atoms with Crippen LogP contribution in [0, 0.1) is 0 Å². The van der Waals surface area contributed by atoms with E-state index in [-0.39, 0.29) is 43.7 Å². The van der Waals surface area contributed by atoms with Gasteiger partial charge < -0.3 is 15.0 Å². The average Bonchev–Trinajstić information content (AvgIpc) is 3.24. The predicted molar refractivity (Wildman–Crippen MR) is 127 cm³/mol. The fraction of sp³-hybridized carbons (Fsp3) is 0.222. The zero-order valence-corrected chi connectivity index (χ0v) is 18.9. The van der Waals surface area contributed by atoms with E-state index in [0.717, 1.165) is 16.9 Å². The monoisotopic (exact) mass is 455 g/mol. The summed E-state index contributed by atoms with van der Waals surface area (Å²) in [5.41, 5.74) is 1.26. The summed E-state index contributed by atoms with van der Waals surface area (Å²) in [6.07, 6.45) is 0.413. The summed E-state index contributed by atoms with van der Waals surface area (Å²) in [4.78, 5) is 43.8. The molecule has 7 nitrogen and oxygen atoms in total. The first-order valence-electron chi connectivity index (χ1n) is 11.2. The number of rotatable bonds is 6. The van der Waals surface area contributed by atoms with Gasteiger partial charge in [-0.25, -0.2) is 0 Å². The lowest BCUT2D eigenvalue weighted by atomic mass is 9.94. The second-order valence-corrected chi connectivity index (χ2v) is 8.47. The Morgan fingerprint density at radius 2 is 1.65 bits per heavy atom. The minimum absolute atomic E-state index is 0.169. The number of para-hydroxylation sites is 1. The number of ether oxygens (including phenoxy) is 1. The fourth-order valence-corrected chi connectivity index (χ4v) is 4.84.